The molecule has 116 valence electrons. The van der Waals surface area contributed by atoms with Gasteiger partial charge in [0.25, 0.3) is 0 Å². The number of amides is 2. The van der Waals surface area contributed by atoms with E-state index < -0.39 is 17.8 Å². The zero-order chi connectivity index (χ0) is 15.9. The summed E-state index contributed by atoms with van der Waals surface area (Å²) in [6, 6.07) is 1.33. The Morgan fingerprint density at radius 1 is 1.27 bits per heavy atom. The zero-order valence-corrected chi connectivity index (χ0v) is 11.5. The predicted octanol–water partition coefficient (Wildman–Crippen LogP) is 2.63. The van der Waals surface area contributed by atoms with E-state index in [9.17, 15) is 18.0 Å². The van der Waals surface area contributed by atoms with E-state index in [-0.39, 0.29) is 23.8 Å². The number of pyridine rings is 1. The molecule has 3 rings (SSSR count). The van der Waals surface area contributed by atoms with Crippen LogP contribution in [0.2, 0.25) is 0 Å². The Morgan fingerprint density at radius 2 is 2.05 bits per heavy atom. The van der Waals surface area contributed by atoms with Crippen molar-refractivity contribution in [1.82, 2.24) is 14.9 Å². The summed E-state index contributed by atoms with van der Waals surface area (Å²) in [6.07, 6.45) is -2.18. The van der Waals surface area contributed by atoms with Crippen molar-refractivity contribution in [3.63, 3.8) is 0 Å². The highest BCUT2D eigenvalue weighted by Gasteiger charge is 2.35. The topological polar surface area (TPSA) is 62.5 Å². The van der Waals surface area contributed by atoms with E-state index in [4.69, 9.17) is 4.42 Å². The monoisotopic (exact) mass is 312 g/mol. The fourth-order valence-corrected chi connectivity index (χ4v) is 2.15. The van der Waals surface area contributed by atoms with Crippen LogP contribution >= 0.6 is 0 Å². The first-order chi connectivity index (χ1) is 10.4. The molecule has 0 aromatic carbocycles. The molecule has 0 radical (unpaired) electrons. The summed E-state index contributed by atoms with van der Waals surface area (Å²) in [7, 11) is 1.58. The summed E-state index contributed by atoms with van der Waals surface area (Å²) in [5.41, 5.74) is -0.920. The SMILES string of the molecule is CN1CCN(c2cc(C(F)(F)F)cc(-c3cnco3)n2)C1=O. The number of hydrogen-bond donors (Lipinski definition) is 0. The van der Waals surface area contributed by atoms with E-state index >= 15 is 0 Å². The fraction of sp³-hybridized carbons (Fsp3) is 0.308. The molecule has 2 amide bonds. The van der Waals surface area contributed by atoms with E-state index in [0.29, 0.717) is 6.54 Å². The number of anilines is 1. The smallest absolute Gasteiger partial charge is 0.416 e. The summed E-state index contributed by atoms with van der Waals surface area (Å²) in [4.78, 5) is 22.3. The molecule has 0 atom stereocenters. The molecule has 0 bridgehead atoms. The minimum Gasteiger partial charge on any atom is -0.442 e. The lowest BCUT2D eigenvalue weighted by Crippen LogP contribution is -2.30. The maximum atomic E-state index is 13.1. The highest BCUT2D eigenvalue weighted by molar-refractivity contribution is 5.93. The predicted molar refractivity (Wildman–Crippen MR) is 70.1 cm³/mol. The van der Waals surface area contributed by atoms with Gasteiger partial charge in [-0.15, -0.1) is 0 Å². The lowest BCUT2D eigenvalue weighted by Gasteiger charge is -2.17. The first kappa shape index (κ1) is 14.4. The average molecular weight is 312 g/mol. The van der Waals surface area contributed by atoms with Crippen LogP contribution in [0.15, 0.2) is 29.1 Å². The number of carbonyl (C=O) groups is 1. The van der Waals surface area contributed by atoms with Gasteiger partial charge in [0.15, 0.2) is 12.2 Å². The van der Waals surface area contributed by atoms with E-state index in [1.54, 1.807) is 7.05 Å². The van der Waals surface area contributed by atoms with Gasteiger partial charge in [-0.25, -0.2) is 14.8 Å². The van der Waals surface area contributed by atoms with Crippen LogP contribution in [-0.4, -0.2) is 41.0 Å². The number of likely N-dealkylation sites (N-methyl/N-ethyl adjacent to an activating group) is 1. The lowest BCUT2D eigenvalue weighted by atomic mass is 10.2. The molecule has 22 heavy (non-hydrogen) atoms. The van der Waals surface area contributed by atoms with Crippen LogP contribution in [0.4, 0.5) is 23.8 Å². The Morgan fingerprint density at radius 3 is 2.59 bits per heavy atom. The van der Waals surface area contributed by atoms with Gasteiger partial charge in [-0.2, -0.15) is 13.2 Å². The van der Waals surface area contributed by atoms with E-state index in [1.807, 2.05) is 0 Å². The van der Waals surface area contributed by atoms with Crippen molar-refractivity contribution in [3.8, 4) is 11.5 Å². The van der Waals surface area contributed by atoms with Crippen molar-refractivity contribution < 1.29 is 22.4 Å². The van der Waals surface area contributed by atoms with Gasteiger partial charge in [0.05, 0.1) is 11.8 Å². The van der Waals surface area contributed by atoms with Crippen molar-refractivity contribution >= 4 is 11.8 Å². The molecule has 0 saturated carbocycles. The van der Waals surface area contributed by atoms with E-state index in [0.717, 1.165) is 18.5 Å². The first-order valence-corrected chi connectivity index (χ1v) is 6.37. The van der Waals surface area contributed by atoms with E-state index in [1.165, 1.54) is 16.0 Å². The molecular weight excluding hydrogens is 301 g/mol. The third kappa shape index (κ3) is 2.49. The fourth-order valence-electron chi connectivity index (χ4n) is 2.15. The van der Waals surface area contributed by atoms with Gasteiger partial charge in [-0.3, -0.25) is 4.90 Å². The largest absolute Gasteiger partial charge is 0.442 e. The second-order valence-corrected chi connectivity index (χ2v) is 4.82. The Labute approximate surface area is 123 Å². The number of carbonyl (C=O) groups excluding carboxylic acids is 1. The van der Waals surface area contributed by atoms with Gasteiger partial charge in [0.1, 0.15) is 11.5 Å². The molecule has 6 nitrogen and oxygen atoms in total. The van der Waals surface area contributed by atoms with Gasteiger partial charge in [-0.1, -0.05) is 0 Å². The quantitative estimate of drug-likeness (QED) is 0.855. The molecule has 1 aliphatic heterocycles. The van der Waals surface area contributed by atoms with Gasteiger partial charge in [0, 0.05) is 20.1 Å². The molecule has 1 aliphatic rings. The number of oxazole rings is 1. The molecular formula is C13H11F3N4O2. The maximum Gasteiger partial charge on any atom is 0.416 e. The number of rotatable bonds is 2. The van der Waals surface area contributed by atoms with Crippen LogP contribution in [0.5, 0.6) is 0 Å². The van der Waals surface area contributed by atoms with Gasteiger partial charge in [0.2, 0.25) is 0 Å². The Bertz CT molecular complexity index is 700. The molecule has 0 spiro atoms. The molecule has 3 heterocycles. The summed E-state index contributed by atoms with van der Waals surface area (Å²) >= 11 is 0. The second kappa shape index (κ2) is 5.00. The third-order valence-electron chi connectivity index (χ3n) is 3.32. The minimum absolute atomic E-state index is 0.0234. The number of aromatic nitrogens is 2. The van der Waals surface area contributed by atoms with Crippen LogP contribution in [0.1, 0.15) is 5.56 Å². The van der Waals surface area contributed by atoms with Crippen LogP contribution < -0.4 is 4.90 Å². The summed E-state index contributed by atoms with van der Waals surface area (Å²) in [5, 5.41) is 0. The number of halogens is 3. The van der Waals surface area contributed by atoms with Crippen molar-refractivity contribution in [1.29, 1.82) is 0 Å². The standard InChI is InChI=1S/C13H11F3N4O2/c1-19-2-3-20(12(19)21)11-5-8(13(14,15)16)4-9(18-11)10-6-17-7-22-10/h4-7H,2-3H2,1H3. The number of nitrogens with zero attached hydrogens (tertiary/aromatic N) is 4. The minimum atomic E-state index is -4.55. The number of urea groups is 1. The van der Waals surface area contributed by atoms with Crippen LogP contribution in [0.25, 0.3) is 11.5 Å². The van der Waals surface area contributed by atoms with Crippen LogP contribution in [-0.2, 0) is 6.18 Å². The van der Waals surface area contributed by atoms with E-state index in [2.05, 4.69) is 9.97 Å². The zero-order valence-electron chi connectivity index (χ0n) is 11.5. The summed E-state index contributed by atoms with van der Waals surface area (Å²) < 4.78 is 44.2. The molecule has 0 unspecified atom stereocenters. The number of hydrogen-bond acceptors (Lipinski definition) is 4. The second-order valence-electron chi connectivity index (χ2n) is 4.82. The molecule has 1 saturated heterocycles. The van der Waals surface area contributed by atoms with Crippen molar-refractivity contribution in [3.05, 3.63) is 30.3 Å². The summed E-state index contributed by atoms with van der Waals surface area (Å²) in [5.74, 6) is 0.0444. The molecule has 2 aromatic rings. The van der Waals surface area contributed by atoms with Gasteiger partial charge >= 0.3 is 12.2 Å². The molecule has 0 aliphatic carbocycles. The van der Waals surface area contributed by atoms with Crippen LogP contribution in [0.3, 0.4) is 0 Å². The Hall–Kier alpha value is -2.58. The summed E-state index contributed by atoms with van der Waals surface area (Å²) in [6.45, 7) is 0.702. The molecule has 1 fully saturated rings. The highest BCUT2D eigenvalue weighted by Crippen LogP contribution is 2.34. The van der Waals surface area contributed by atoms with Crippen molar-refractivity contribution in [2.24, 2.45) is 0 Å². The van der Waals surface area contributed by atoms with Crippen LogP contribution in [0, 0.1) is 0 Å². The third-order valence-corrected chi connectivity index (χ3v) is 3.32. The molecule has 2 aromatic heterocycles. The Kier molecular flexibility index (Phi) is 3.27. The average Bonchev–Trinajstić information content (AvgIpc) is 3.09. The normalized spacial score (nSPS) is 15.7. The highest BCUT2D eigenvalue weighted by atomic mass is 19.4. The Balaban J connectivity index is 2.10. The maximum absolute atomic E-state index is 13.1. The lowest BCUT2D eigenvalue weighted by molar-refractivity contribution is -0.137. The van der Waals surface area contributed by atoms with Crippen molar-refractivity contribution in [2.45, 2.75) is 6.18 Å². The molecule has 0 N–H and O–H groups in total. The van der Waals surface area contributed by atoms with Gasteiger partial charge < -0.3 is 9.32 Å². The number of alkyl halides is 3. The van der Waals surface area contributed by atoms with Crippen molar-refractivity contribution in [2.75, 3.05) is 25.0 Å². The molecule has 9 heteroatoms. The van der Waals surface area contributed by atoms with Gasteiger partial charge in [-0.05, 0) is 12.1 Å². The first-order valence-electron chi connectivity index (χ1n) is 6.37.